The van der Waals surface area contributed by atoms with Crippen LogP contribution in [0.5, 0.6) is 0 Å². The number of fused-ring (bicyclic) bond motifs is 1. The molecule has 1 N–H and O–H groups in total. The largest absolute Gasteiger partial charge is 0.323 e. The predicted molar refractivity (Wildman–Crippen MR) is 107 cm³/mol. The zero-order chi connectivity index (χ0) is 20.5. The molecular weight excluding hydrogens is 405 g/mol. The normalized spacial score (nSPS) is 14.4. The van der Waals surface area contributed by atoms with E-state index in [1.165, 1.54) is 27.6 Å². The van der Waals surface area contributed by atoms with Crippen molar-refractivity contribution in [1.82, 2.24) is 9.21 Å². The van der Waals surface area contributed by atoms with E-state index in [1.807, 2.05) is 6.07 Å². The zero-order valence-electron chi connectivity index (χ0n) is 15.6. The third-order valence-electron chi connectivity index (χ3n) is 4.71. The van der Waals surface area contributed by atoms with Crippen LogP contribution in [0, 0.1) is 5.82 Å². The van der Waals surface area contributed by atoms with Gasteiger partial charge in [-0.15, -0.1) is 0 Å². The molecule has 0 aliphatic carbocycles. The van der Waals surface area contributed by atoms with E-state index in [4.69, 9.17) is 11.6 Å². The first-order valence-corrected chi connectivity index (χ1v) is 10.9. The van der Waals surface area contributed by atoms with Crippen molar-refractivity contribution < 1.29 is 17.6 Å². The summed E-state index contributed by atoms with van der Waals surface area (Å²) in [5.41, 5.74) is 3.11. The summed E-state index contributed by atoms with van der Waals surface area (Å²) < 4.78 is 38.2. The van der Waals surface area contributed by atoms with Crippen molar-refractivity contribution in [3.8, 4) is 0 Å². The van der Waals surface area contributed by atoms with E-state index in [9.17, 15) is 17.6 Å². The molecule has 0 saturated carbocycles. The highest BCUT2D eigenvalue weighted by Crippen LogP contribution is 2.28. The van der Waals surface area contributed by atoms with Crippen LogP contribution in [0.3, 0.4) is 0 Å². The van der Waals surface area contributed by atoms with Crippen molar-refractivity contribution in [1.29, 1.82) is 0 Å². The van der Waals surface area contributed by atoms with Gasteiger partial charge in [0.05, 0.1) is 6.26 Å². The number of nitrogens with one attached hydrogen (secondary N) is 1. The van der Waals surface area contributed by atoms with Gasteiger partial charge in [0.15, 0.2) is 0 Å². The summed E-state index contributed by atoms with van der Waals surface area (Å²) in [6.45, 7) is 0.889. The molecule has 0 aromatic heterocycles. The minimum atomic E-state index is -3.26. The van der Waals surface area contributed by atoms with Gasteiger partial charge in [-0.25, -0.2) is 17.6 Å². The van der Waals surface area contributed by atoms with Gasteiger partial charge in [-0.05, 0) is 41.3 Å². The van der Waals surface area contributed by atoms with E-state index < -0.39 is 15.8 Å². The number of urea groups is 1. The Hall–Kier alpha value is -2.16. The molecule has 150 valence electrons. The summed E-state index contributed by atoms with van der Waals surface area (Å²) in [5.74, 6) is -0.431. The lowest BCUT2D eigenvalue weighted by Crippen LogP contribution is -2.36. The van der Waals surface area contributed by atoms with Crippen LogP contribution in [0.4, 0.5) is 14.9 Å². The number of sulfonamides is 1. The van der Waals surface area contributed by atoms with Gasteiger partial charge in [-0.1, -0.05) is 29.8 Å². The number of carbonyl (C=O) groups is 1. The summed E-state index contributed by atoms with van der Waals surface area (Å²) in [6, 6.07) is 9.18. The summed E-state index contributed by atoms with van der Waals surface area (Å²) in [6.07, 6.45) is 1.71. The molecular formula is C19H21ClFN3O3S. The van der Waals surface area contributed by atoms with Crippen LogP contribution in [-0.2, 0) is 29.5 Å². The quantitative estimate of drug-likeness (QED) is 0.815. The van der Waals surface area contributed by atoms with Crippen molar-refractivity contribution in [3.05, 3.63) is 63.9 Å². The Labute approximate surface area is 168 Å². The van der Waals surface area contributed by atoms with Crippen LogP contribution in [0.15, 0.2) is 36.4 Å². The average molecular weight is 426 g/mol. The lowest BCUT2D eigenvalue weighted by Gasteiger charge is -2.28. The number of rotatable bonds is 4. The van der Waals surface area contributed by atoms with E-state index >= 15 is 0 Å². The van der Waals surface area contributed by atoms with Crippen molar-refractivity contribution in [2.24, 2.45) is 0 Å². The number of benzene rings is 2. The van der Waals surface area contributed by atoms with Crippen LogP contribution < -0.4 is 5.32 Å². The highest BCUT2D eigenvalue weighted by molar-refractivity contribution is 7.88. The van der Waals surface area contributed by atoms with Crippen LogP contribution in [-0.4, -0.2) is 43.5 Å². The van der Waals surface area contributed by atoms with Crippen molar-refractivity contribution in [2.45, 2.75) is 19.5 Å². The molecule has 1 heterocycles. The topological polar surface area (TPSA) is 69.7 Å². The molecule has 1 aliphatic heterocycles. The Morgan fingerprint density at radius 1 is 1.32 bits per heavy atom. The maximum Gasteiger partial charge on any atom is 0.321 e. The predicted octanol–water partition coefficient (Wildman–Crippen LogP) is 3.46. The second-order valence-corrected chi connectivity index (χ2v) is 9.20. The molecule has 0 atom stereocenters. The van der Waals surface area contributed by atoms with Gasteiger partial charge in [0.25, 0.3) is 0 Å². The Bertz CT molecular complexity index is 1010. The monoisotopic (exact) mass is 425 g/mol. The number of amides is 2. The molecule has 0 spiro atoms. The fraction of sp³-hybridized carbons (Fsp3) is 0.316. The van der Waals surface area contributed by atoms with Crippen LogP contribution >= 0.6 is 11.6 Å². The first-order valence-electron chi connectivity index (χ1n) is 8.67. The third-order valence-corrected chi connectivity index (χ3v) is 6.31. The Balaban J connectivity index is 1.73. The van der Waals surface area contributed by atoms with Crippen LogP contribution in [0.25, 0.3) is 0 Å². The molecule has 6 nitrogen and oxygen atoms in total. The van der Waals surface area contributed by atoms with Crippen molar-refractivity contribution in [2.75, 3.05) is 25.2 Å². The minimum absolute atomic E-state index is 0.224. The first kappa shape index (κ1) is 20.6. The third kappa shape index (κ3) is 4.63. The number of halogens is 2. The van der Waals surface area contributed by atoms with Gasteiger partial charge in [-0.2, -0.15) is 4.31 Å². The lowest BCUT2D eigenvalue weighted by molar-refractivity contribution is 0.220. The number of anilines is 1. The maximum absolute atomic E-state index is 13.2. The Morgan fingerprint density at radius 3 is 2.75 bits per heavy atom. The van der Waals surface area contributed by atoms with Crippen LogP contribution in [0.1, 0.15) is 16.7 Å². The summed E-state index contributed by atoms with van der Waals surface area (Å²) >= 11 is 6.03. The second-order valence-electron chi connectivity index (χ2n) is 6.81. The van der Waals surface area contributed by atoms with E-state index in [1.54, 1.807) is 25.2 Å². The smallest absolute Gasteiger partial charge is 0.321 e. The van der Waals surface area contributed by atoms with E-state index in [0.29, 0.717) is 30.8 Å². The lowest BCUT2D eigenvalue weighted by atomic mass is 9.99. The summed E-state index contributed by atoms with van der Waals surface area (Å²) in [5, 5.41) is 3.14. The van der Waals surface area contributed by atoms with E-state index in [-0.39, 0.29) is 17.6 Å². The molecule has 0 fully saturated rings. The molecule has 0 unspecified atom stereocenters. The van der Waals surface area contributed by atoms with Gasteiger partial charge >= 0.3 is 6.03 Å². The molecule has 2 aromatic rings. The fourth-order valence-electron chi connectivity index (χ4n) is 3.17. The van der Waals surface area contributed by atoms with Crippen molar-refractivity contribution >= 4 is 33.3 Å². The standard InChI is InChI=1S/C19H21ClFN3O3S/c1-23(11-14-6-7-15(21)10-17(14)20)19(25)22-18-5-3-4-13-12-24(28(2,26)27)9-8-16(13)18/h3-7,10H,8-9,11-12H2,1-2H3,(H,22,25). The van der Waals surface area contributed by atoms with E-state index in [2.05, 4.69) is 5.32 Å². The van der Waals surface area contributed by atoms with Crippen LogP contribution in [0.2, 0.25) is 5.02 Å². The van der Waals surface area contributed by atoms with Gasteiger partial charge < -0.3 is 10.2 Å². The maximum atomic E-state index is 13.2. The average Bonchev–Trinajstić information content (AvgIpc) is 2.63. The van der Waals surface area contributed by atoms with Gasteiger partial charge in [0.1, 0.15) is 5.82 Å². The SMILES string of the molecule is CN(Cc1ccc(F)cc1Cl)C(=O)Nc1cccc2c1CCN(S(C)(=O)=O)C2. The summed E-state index contributed by atoms with van der Waals surface area (Å²) in [4.78, 5) is 14.0. The second kappa shape index (κ2) is 8.06. The molecule has 2 amide bonds. The Morgan fingerprint density at radius 2 is 2.07 bits per heavy atom. The molecule has 9 heteroatoms. The van der Waals surface area contributed by atoms with E-state index in [0.717, 1.165) is 11.1 Å². The van der Waals surface area contributed by atoms with Gasteiger partial charge in [0, 0.05) is 37.4 Å². The zero-order valence-corrected chi connectivity index (χ0v) is 17.1. The highest BCUT2D eigenvalue weighted by Gasteiger charge is 2.25. The molecule has 0 radical (unpaired) electrons. The van der Waals surface area contributed by atoms with Crippen molar-refractivity contribution in [3.63, 3.8) is 0 Å². The Kier molecular flexibility index (Phi) is 5.92. The first-order chi connectivity index (χ1) is 13.1. The van der Waals surface area contributed by atoms with Gasteiger partial charge in [0.2, 0.25) is 10.0 Å². The number of hydrogen-bond donors (Lipinski definition) is 1. The molecule has 0 bridgehead atoms. The number of nitrogens with zero attached hydrogens (tertiary/aromatic N) is 2. The minimum Gasteiger partial charge on any atom is -0.323 e. The number of carbonyl (C=O) groups excluding carboxylic acids is 1. The van der Waals surface area contributed by atoms with Gasteiger partial charge in [-0.3, -0.25) is 0 Å². The molecule has 1 aliphatic rings. The number of hydrogen-bond acceptors (Lipinski definition) is 3. The molecule has 2 aromatic carbocycles. The fourth-order valence-corrected chi connectivity index (χ4v) is 4.20. The summed E-state index contributed by atoms with van der Waals surface area (Å²) in [7, 11) is -1.64. The molecule has 0 saturated heterocycles. The highest BCUT2D eigenvalue weighted by atomic mass is 35.5. The molecule has 3 rings (SSSR count). The molecule has 28 heavy (non-hydrogen) atoms.